The normalized spacial score (nSPS) is 15.4. The van der Waals surface area contributed by atoms with Crippen molar-refractivity contribution in [1.82, 2.24) is 10.3 Å². The number of amides is 3. The Hall–Kier alpha value is -4.00. The first-order valence-electron chi connectivity index (χ1n) is 12.6. The van der Waals surface area contributed by atoms with Crippen LogP contribution in [0.4, 0.5) is 39.8 Å². The van der Waals surface area contributed by atoms with Gasteiger partial charge in [0, 0.05) is 13.1 Å². The van der Waals surface area contributed by atoms with Crippen LogP contribution in [0.1, 0.15) is 58.3 Å². The SMILES string of the molecule is CC(C)(C)OC(=O)NC1CCN(c2cc(Nc3cccc(F)c3F)c(C(=O)N(N)C(=O)OC(C)(C)C)cc2F)C1. The van der Waals surface area contributed by atoms with Crippen LogP contribution in [-0.4, -0.2) is 53.4 Å². The third kappa shape index (κ3) is 7.78. The van der Waals surface area contributed by atoms with Gasteiger partial charge in [0.1, 0.15) is 17.0 Å². The molecule has 0 radical (unpaired) electrons. The van der Waals surface area contributed by atoms with E-state index in [9.17, 15) is 23.2 Å². The van der Waals surface area contributed by atoms with Gasteiger partial charge in [0.15, 0.2) is 11.6 Å². The number of nitrogens with two attached hydrogens (primary N) is 1. The van der Waals surface area contributed by atoms with E-state index in [0.29, 0.717) is 13.0 Å². The molecular weight excluding hydrogens is 531 g/mol. The van der Waals surface area contributed by atoms with E-state index in [1.54, 1.807) is 46.4 Å². The van der Waals surface area contributed by atoms with Crippen LogP contribution in [-0.2, 0) is 9.47 Å². The molecule has 1 heterocycles. The topological polar surface area (TPSA) is 126 Å². The molecular formula is C27H34F3N5O5. The first kappa shape index (κ1) is 30.5. The van der Waals surface area contributed by atoms with Gasteiger partial charge in [0.2, 0.25) is 0 Å². The van der Waals surface area contributed by atoms with Gasteiger partial charge in [0.25, 0.3) is 5.91 Å². The summed E-state index contributed by atoms with van der Waals surface area (Å²) in [5.74, 6) is 1.33. The Kier molecular flexibility index (Phi) is 8.87. The molecule has 1 unspecified atom stereocenters. The minimum atomic E-state index is -1.23. The van der Waals surface area contributed by atoms with Crippen molar-refractivity contribution >= 4 is 35.2 Å². The van der Waals surface area contributed by atoms with Crippen molar-refractivity contribution in [3.63, 3.8) is 0 Å². The highest BCUT2D eigenvalue weighted by Gasteiger charge is 2.31. The summed E-state index contributed by atoms with van der Waals surface area (Å²) in [6.07, 6.45) is -1.34. The highest BCUT2D eigenvalue weighted by Crippen LogP contribution is 2.33. The zero-order chi connectivity index (χ0) is 30.0. The van der Waals surface area contributed by atoms with Gasteiger partial charge in [-0.2, -0.15) is 5.01 Å². The molecule has 1 aliphatic heterocycles. The van der Waals surface area contributed by atoms with E-state index in [1.165, 1.54) is 18.2 Å². The summed E-state index contributed by atoms with van der Waals surface area (Å²) in [6.45, 7) is 10.4. The summed E-state index contributed by atoms with van der Waals surface area (Å²) in [4.78, 5) is 39.3. The van der Waals surface area contributed by atoms with E-state index in [4.69, 9.17) is 15.3 Å². The Balaban J connectivity index is 1.94. The molecule has 0 spiro atoms. The van der Waals surface area contributed by atoms with E-state index in [1.807, 2.05) is 0 Å². The van der Waals surface area contributed by atoms with Crippen molar-refractivity contribution in [2.24, 2.45) is 5.84 Å². The van der Waals surface area contributed by atoms with E-state index in [-0.39, 0.29) is 34.7 Å². The molecule has 3 rings (SSSR count). The molecule has 4 N–H and O–H groups in total. The predicted octanol–water partition coefficient (Wildman–Crippen LogP) is 5.20. The number of anilines is 3. The van der Waals surface area contributed by atoms with Crippen LogP contribution in [0.3, 0.4) is 0 Å². The molecule has 0 bridgehead atoms. The van der Waals surface area contributed by atoms with Gasteiger partial charge in [-0.25, -0.2) is 28.6 Å². The Bertz CT molecular complexity index is 1290. The molecule has 1 aliphatic rings. The second-order valence-electron chi connectivity index (χ2n) is 11.3. The third-order valence-corrected chi connectivity index (χ3v) is 5.60. The largest absolute Gasteiger partial charge is 0.444 e. The Labute approximate surface area is 230 Å². The fourth-order valence-corrected chi connectivity index (χ4v) is 3.92. The van der Waals surface area contributed by atoms with Crippen LogP contribution < -0.4 is 21.4 Å². The Morgan fingerprint density at radius 3 is 2.25 bits per heavy atom. The maximum Gasteiger partial charge on any atom is 0.432 e. The minimum absolute atomic E-state index is 0.0187. The molecule has 0 saturated carbocycles. The predicted molar refractivity (Wildman–Crippen MR) is 143 cm³/mol. The van der Waals surface area contributed by atoms with E-state index >= 15 is 4.39 Å². The van der Waals surface area contributed by atoms with Gasteiger partial charge < -0.3 is 25.0 Å². The number of benzene rings is 2. The van der Waals surface area contributed by atoms with Crippen molar-refractivity contribution in [3.8, 4) is 0 Å². The molecule has 1 saturated heterocycles. The molecule has 218 valence electrons. The minimum Gasteiger partial charge on any atom is -0.444 e. The number of halogens is 3. The molecule has 0 aromatic heterocycles. The second-order valence-corrected chi connectivity index (χ2v) is 11.3. The summed E-state index contributed by atoms with van der Waals surface area (Å²) in [6, 6.07) is 5.09. The van der Waals surface area contributed by atoms with Gasteiger partial charge in [-0.05, 0) is 72.2 Å². The smallest absolute Gasteiger partial charge is 0.432 e. The number of nitrogens with zero attached hydrogens (tertiary/aromatic N) is 2. The standard InChI is InChI=1S/C27H34F3N5O5/c1-26(2,3)39-24(37)32-15-10-11-34(14-15)21-13-20(33-19-9-7-8-17(28)22(19)30)16(12-18(21)29)23(36)35(31)25(38)40-27(4,5)6/h7-9,12-13,15,33H,10-11,14,31H2,1-6H3,(H,32,37). The lowest BCUT2D eigenvalue weighted by molar-refractivity contribution is 0.0239. The van der Waals surface area contributed by atoms with Crippen LogP contribution in [0.5, 0.6) is 0 Å². The molecule has 10 nitrogen and oxygen atoms in total. The number of carbonyl (C=O) groups excluding carboxylic acids is 3. The number of ether oxygens (including phenoxy) is 2. The van der Waals surface area contributed by atoms with E-state index in [2.05, 4.69) is 10.6 Å². The molecule has 1 atom stereocenters. The molecule has 40 heavy (non-hydrogen) atoms. The number of hydrogen-bond acceptors (Lipinski definition) is 8. The molecule has 2 aromatic rings. The summed E-state index contributed by atoms with van der Waals surface area (Å²) in [5, 5.41) is 5.52. The number of rotatable bonds is 5. The molecule has 1 fully saturated rings. The maximum absolute atomic E-state index is 15.4. The number of hydrogen-bond donors (Lipinski definition) is 3. The molecule has 0 aliphatic carbocycles. The Morgan fingerprint density at radius 2 is 1.62 bits per heavy atom. The van der Waals surface area contributed by atoms with E-state index < -0.39 is 52.3 Å². The fraction of sp³-hybridized carbons (Fsp3) is 0.444. The van der Waals surface area contributed by atoms with Crippen molar-refractivity contribution < 1.29 is 37.0 Å². The van der Waals surface area contributed by atoms with Crippen molar-refractivity contribution in [3.05, 3.63) is 53.3 Å². The van der Waals surface area contributed by atoms with E-state index in [0.717, 1.165) is 12.1 Å². The highest BCUT2D eigenvalue weighted by atomic mass is 19.2. The number of carbonyl (C=O) groups is 3. The number of imide groups is 1. The average Bonchev–Trinajstić information content (AvgIpc) is 3.27. The van der Waals surface area contributed by atoms with Crippen molar-refractivity contribution in [1.29, 1.82) is 0 Å². The van der Waals surface area contributed by atoms with Gasteiger partial charge >= 0.3 is 12.2 Å². The van der Waals surface area contributed by atoms with Crippen LogP contribution >= 0.6 is 0 Å². The summed E-state index contributed by atoms with van der Waals surface area (Å²) >= 11 is 0. The quantitative estimate of drug-likeness (QED) is 0.257. The second kappa shape index (κ2) is 11.6. The lowest BCUT2D eigenvalue weighted by Gasteiger charge is -2.25. The molecule has 2 aromatic carbocycles. The number of nitrogens with one attached hydrogen (secondary N) is 2. The summed E-state index contributed by atoms with van der Waals surface area (Å²) in [5.41, 5.74) is -2.56. The number of alkyl carbamates (subject to hydrolysis) is 1. The van der Waals surface area contributed by atoms with Gasteiger partial charge in [-0.3, -0.25) is 4.79 Å². The van der Waals surface area contributed by atoms with Crippen molar-refractivity contribution in [2.75, 3.05) is 23.3 Å². The van der Waals surface area contributed by atoms with Crippen molar-refractivity contribution in [2.45, 2.75) is 65.2 Å². The fourth-order valence-electron chi connectivity index (χ4n) is 3.92. The van der Waals surface area contributed by atoms with Crippen LogP contribution in [0.15, 0.2) is 30.3 Å². The first-order valence-corrected chi connectivity index (χ1v) is 12.6. The monoisotopic (exact) mass is 565 g/mol. The van der Waals surface area contributed by atoms with Crippen LogP contribution in [0.25, 0.3) is 0 Å². The average molecular weight is 566 g/mol. The lowest BCUT2D eigenvalue weighted by atomic mass is 10.1. The van der Waals surface area contributed by atoms with Crippen LogP contribution in [0, 0.1) is 17.5 Å². The van der Waals surface area contributed by atoms with Gasteiger partial charge in [0.05, 0.1) is 28.7 Å². The van der Waals surface area contributed by atoms with Gasteiger partial charge in [-0.15, -0.1) is 0 Å². The summed E-state index contributed by atoms with van der Waals surface area (Å²) in [7, 11) is 0. The lowest BCUT2D eigenvalue weighted by Crippen LogP contribution is -2.45. The Morgan fingerprint density at radius 1 is 0.975 bits per heavy atom. The molecule has 13 heteroatoms. The zero-order valence-corrected chi connectivity index (χ0v) is 23.2. The van der Waals surface area contributed by atoms with Crippen LogP contribution in [0.2, 0.25) is 0 Å². The summed E-state index contributed by atoms with van der Waals surface area (Å²) < 4.78 is 54.2. The third-order valence-electron chi connectivity index (χ3n) is 5.60. The van der Waals surface area contributed by atoms with Gasteiger partial charge in [-0.1, -0.05) is 6.07 Å². The molecule has 3 amide bonds. The first-order chi connectivity index (χ1) is 18.4. The maximum atomic E-state index is 15.4. The number of hydrazine groups is 1. The zero-order valence-electron chi connectivity index (χ0n) is 23.2. The highest BCUT2D eigenvalue weighted by molar-refractivity contribution is 6.07.